The van der Waals surface area contributed by atoms with E-state index in [-0.39, 0.29) is 17.7 Å². The van der Waals surface area contributed by atoms with Gasteiger partial charge in [-0.3, -0.25) is 9.59 Å². The summed E-state index contributed by atoms with van der Waals surface area (Å²) >= 11 is 12.0. The van der Waals surface area contributed by atoms with E-state index < -0.39 is 6.10 Å². The van der Waals surface area contributed by atoms with Crippen molar-refractivity contribution < 1.29 is 14.3 Å². The molecule has 2 heterocycles. The van der Waals surface area contributed by atoms with E-state index in [1.807, 2.05) is 19.1 Å². The summed E-state index contributed by atoms with van der Waals surface area (Å²) in [6.45, 7) is 4.48. The van der Waals surface area contributed by atoms with Gasteiger partial charge in [0.05, 0.1) is 10.9 Å². The highest BCUT2D eigenvalue weighted by molar-refractivity contribution is 6.35. The number of nitrogens with zero attached hydrogens (tertiary/aromatic N) is 2. The second-order valence-electron chi connectivity index (χ2n) is 7.11. The van der Waals surface area contributed by atoms with E-state index in [1.165, 1.54) is 0 Å². The van der Waals surface area contributed by atoms with E-state index in [4.69, 9.17) is 27.9 Å². The van der Waals surface area contributed by atoms with Crippen LogP contribution in [0.3, 0.4) is 0 Å². The Balaban J connectivity index is 1.60. The number of halogens is 2. The zero-order valence-electron chi connectivity index (χ0n) is 16.3. The van der Waals surface area contributed by atoms with Gasteiger partial charge in [-0.25, -0.2) is 4.98 Å². The van der Waals surface area contributed by atoms with E-state index >= 15 is 0 Å². The highest BCUT2D eigenvalue weighted by Crippen LogP contribution is 2.29. The molecule has 29 heavy (non-hydrogen) atoms. The van der Waals surface area contributed by atoms with Crippen LogP contribution in [0.4, 0.5) is 5.82 Å². The quantitative estimate of drug-likeness (QED) is 0.757. The lowest BCUT2D eigenvalue weighted by Crippen LogP contribution is -2.48. The van der Waals surface area contributed by atoms with Gasteiger partial charge in [-0.05, 0) is 57.0 Å². The molecule has 1 N–H and O–H groups in total. The summed E-state index contributed by atoms with van der Waals surface area (Å²) in [6.07, 6.45) is 0.744. The second kappa shape index (κ2) is 9.46. The summed E-state index contributed by atoms with van der Waals surface area (Å²) in [4.78, 5) is 31.4. The Labute approximate surface area is 180 Å². The number of ether oxygens (including phenoxy) is 1. The maximum Gasteiger partial charge on any atom is 0.263 e. The van der Waals surface area contributed by atoms with Crippen molar-refractivity contribution in [1.82, 2.24) is 9.88 Å². The van der Waals surface area contributed by atoms with Crippen molar-refractivity contribution in [3.8, 4) is 5.75 Å². The summed E-state index contributed by atoms with van der Waals surface area (Å²) in [6, 6.07) is 10.3. The van der Waals surface area contributed by atoms with Crippen LogP contribution in [-0.2, 0) is 9.59 Å². The molecule has 2 unspecified atom stereocenters. The van der Waals surface area contributed by atoms with E-state index in [2.05, 4.69) is 10.3 Å². The molecule has 0 radical (unpaired) electrons. The van der Waals surface area contributed by atoms with Gasteiger partial charge in [0.15, 0.2) is 6.10 Å². The summed E-state index contributed by atoms with van der Waals surface area (Å²) in [5, 5.41) is 3.69. The fourth-order valence-corrected chi connectivity index (χ4v) is 3.75. The lowest BCUT2D eigenvalue weighted by atomic mass is 9.96. The molecule has 1 aliphatic rings. The number of amides is 2. The Morgan fingerprint density at radius 3 is 2.79 bits per heavy atom. The lowest BCUT2D eigenvalue weighted by molar-refractivity contribution is -0.140. The Morgan fingerprint density at radius 2 is 2.07 bits per heavy atom. The third kappa shape index (κ3) is 5.61. The first-order chi connectivity index (χ1) is 13.8. The number of aryl methyl sites for hydroxylation is 1. The number of carbonyl (C=O) groups excluding carboxylic acids is 2. The minimum Gasteiger partial charge on any atom is -0.479 e. The maximum atomic E-state index is 12.8. The van der Waals surface area contributed by atoms with Crippen LogP contribution in [0.1, 0.15) is 25.5 Å². The zero-order chi connectivity index (χ0) is 21.0. The minimum atomic E-state index is -0.728. The Morgan fingerprint density at radius 1 is 1.28 bits per heavy atom. The van der Waals surface area contributed by atoms with Gasteiger partial charge in [-0.15, -0.1) is 0 Å². The maximum absolute atomic E-state index is 12.8. The SMILES string of the molecule is Cc1cccc(NC(=O)C2CCCN(C(=O)C(C)Oc3ccc(Cl)cc3Cl)C2)n1. The number of hydrogen-bond acceptors (Lipinski definition) is 4. The van der Waals surface area contributed by atoms with Crippen molar-refractivity contribution in [2.24, 2.45) is 5.92 Å². The second-order valence-corrected chi connectivity index (χ2v) is 7.96. The van der Waals surface area contributed by atoms with Gasteiger partial charge in [0, 0.05) is 23.8 Å². The summed E-state index contributed by atoms with van der Waals surface area (Å²) < 4.78 is 5.73. The largest absolute Gasteiger partial charge is 0.479 e. The molecule has 154 valence electrons. The van der Waals surface area contributed by atoms with Crippen molar-refractivity contribution in [2.45, 2.75) is 32.8 Å². The van der Waals surface area contributed by atoms with Crippen LogP contribution in [-0.4, -0.2) is 40.9 Å². The van der Waals surface area contributed by atoms with E-state index in [1.54, 1.807) is 36.1 Å². The molecule has 1 aromatic carbocycles. The Kier molecular flexibility index (Phi) is 6.98. The fourth-order valence-electron chi connectivity index (χ4n) is 3.30. The van der Waals surface area contributed by atoms with Gasteiger partial charge >= 0.3 is 0 Å². The normalized spacial score (nSPS) is 17.5. The number of benzene rings is 1. The van der Waals surface area contributed by atoms with Gasteiger partial charge in [-0.1, -0.05) is 29.3 Å². The van der Waals surface area contributed by atoms with Crippen LogP contribution in [0.5, 0.6) is 5.75 Å². The number of anilines is 1. The molecule has 8 heteroatoms. The number of rotatable bonds is 5. The number of likely N-dealkylation sites (tertiary alicyclic amines) is 1. The highest BCUT2D eigenvalue weighted by atomic mass is 35.5. The molecule has 1 saturated heterocycles. The molecule has 0 bridgehead atoms. The van der Waals surface area contributed by atoms with Crippen LogP contribution >= 0.6 is 23.2 Å². The fraction of sp³-hybridized carbons (Fsp3) is 0.381. The van der Waals surface area contributed by atoms with E-state index in [0.29, 0.717) is 34.7 Å². The number of pyridine rings is 1. The van der Waals surface area contributed by atoms with Crippen LogP contribution in [0.15, 0.2) is 36.4 Å². The van der Waals surface area contributed by atoms with Gasteiger partial charge in [-0.2, -0.15) is 0 Å². The standard InChI is InChI=1S/C21H23Cl2N3O3/c1-13-5-3-7-19(24-13)25-20(27)15-6-4-10-26(12-15)21(28)14(2)29-18-9-8-16(22)11-17(18)23/h3,5,7-9,11,14-15H,4,6,10,12H2,1-2H3,(H,24,25,27). The predicted molar refractivity (Wildman–Crippen MR) is 113 cm³/mol. The minimum absolute atomic E-state index is 0.130. The molecular formula is C21H23Cl2N3O3. The monoisotopic (exact) mass is 435 g/mol. The molecule has 0 aliphatic carbocycles. The molecule has 0 saturated carbocycles. The van der Waals surface area contributed by atoms with Crippen LogP contribution in [0.25, 0.3) is 0 Å². The highest BCUT2D eigenvalue weighted by Gasteiger charge is 2.31. The number of carbonyl (C=O) groups is 2. The van der Waals surface area contributed by atoms with Crippen molar-refractivity contribution in [1.29, 1.82) is 0 Å². The van der Waals surface area contributed by atoms with Crippen LogP contribution in [0.2, 0.25) is 10.0 Å². The molecule has 2 atom stereocenters. The Bertz CT molecular complexity index is 906. The van der Waals surface area contributed by atoms with Crippen molar-refractivity contribution in [2.75, 3.05) is 18.4 Å². The third-order valence-corrected chi connectivity index (χ3v) is 5.32. The molecule has 1 fully saturated rings. The van der Waals surface area contributed by atoms with Crippen molar-refractivity contribution in [3.05, 3.63) is 52.1 Å². The average Bonchev–Trinajstić information content (AvgIpc) is 2.69. The van der Waals surface area contributed by atoms with Crippen LogP contribution < -0.4 is 10.1 Å². The molecule has 2 amide bonds. The molecular weight excluding hydrogens is 413 g/mol. The molecule has 6 nitrogen and oxygen atoms in total. The number of hydrogen-bond donors (Lipinski definition) is 1. The van der Waals surface area contributed by atoms with Crippen molar-refractivity contribution >= 4 is 40.8 Å². The molecule has 0 spiro atoms. The zero-order valence-corrected chi connectivity index (χ0v) is 17.8. The smallest absolute Gasteiger partial charge is 0.263 e. The summed E-state index contributed by atoms with van der Waals surface area (Å²) in [5.74, 6) is 0.319. The molecule has 1 aromatic heterocycles. The van der Waals surface area contributed by atoms with E-state index in [0.717, 1.165) is 18.5 Å². The topological polar surface area (TPSA) is 71.5 Å². The first-order valence-corrected chi connectivity index (χ1v) is 10.2. The van der Waals surface area contributed by atoms with Gasteiger partial charge < -0.3 is 15.0 Å². The number of piperidine rings is 1. The molecule has 1 aliphatic heterocycles. The Hall–Kier alpha value is -2.31. The molecule has 2 aromatic rings. The first kappa shape index (κ1) is 21.4. The van der Waals surface area contributed by atoms with E-state index in [9.17, 15) is 9.59 Å². The number of nitrogens with one attached hydrogen (secondary N) is 1. The number of aromatic nitrogens is 1. The summed E-state index contributed by atoms with van der Waals surface area (Å²) in [7, 11) is 0. The van der Waals surface area contributed by atoms with Gasteiger partial charge in [0.25, 0.3) is 5.91 Å². The van der Waals surface area contributed by atoms with Gasteiger partial charge in [0.2, 0.25) is 5.91 Å². The molecule has 3 rings (SSSR count). The first-order valence-electron chi connectivity index (χ1n) is 9.48. The average molecular weight is 436 g/mol. The predicted octanol–water partition coefficient (Wildman–Crippen LogP) is 4.34. The third-order valence-electron chi connectivity index (χ3n) is 4.79. The summed E-state index contributed by atoms with van der Waals surface area (Å²) in [5.41, 5.74) is 0.829. The van der Waals surface area contributed by atoms with Gasteiger partial charge in [0.1, 0.15) is 11.6 Å². The van der Waals surface area contributed by atoms with Crippen molar-refractivity contribution in [3.63, 3.8) is 0 Å². The lowest BCUT2D eigenvalue weighted by Gasteiger charge is -2.33. The van der Waals surface area contributed by atoms with Crippen LogP contribution in [0, 0.1) is 12.8 Å².